The van der Waals surface area contributed by atoms with Crippen LogP contribution in [0.1, 0.15) is 30.9 Å². The Morgan fingerprint density at radius 1 is 1.07 bits per heavy atom. The summed E-state index contributed by atoms with van der Waals surface area (Å²) in [5.74, 6) is -0.463. The Hall–Kier alpha value is -2.18. The van der Waals surface area contributed by atoms with Gasteiger partial charge in [-0.15, -0.1) is 0 Å². The second kappa shape index (κ2) is 8.67. The number of hydrogen-bond donors (Lipinski definition) is 1. The van der Waals surface area contributed by atoms with Gasteiger partial charge in [-0.2, -0.15) is 0 Å². The van der Waals surface area contributed by atoms with Gasteiger partial charge in [0, 0.05) is 18.8 Å². The van der Waals surface area contributed by atoms with Crippen LogP contribution >= 0.6 is 0 Å². The molecule has 144 valence electrons. The topological polar surface area (TPSA) is 66.5 Å². The fourth-order valence-corrected chi connectivity index (χ4v) is 4.96. The van der Waals surface area contributed by atoms with Crippen molar-refractivity contribution >= 4 is 21.6 Å². The van der Waals surface area contributed by atoms with Gasteiger partial charge in [-0.1, -0.05) is 49.4 Å². The minimum Gasteiger partial charge on any atom is -0.326 e. The molecule has 0 saturated carbocycles. The maximum Gasteiger partial charge on any atom is 0.228 e. The lowest BCUT2D eigenvalue weighted by atomic mass is 9.98. The lowest BCUT2D eigenvalue weighted by Crippen LogP contribution is -2.44. The van der Waals surface area contributed by atoms with E-state index in [0.29, 0.717) is 19.4 Å². The summed E-state index contributed by atoms with van der Waals surface area (Å²) in [6.07, 6.45) is 2.35. The predicted octanol–water partition coefficient (Wildman–Crippen LogP) is 3.43. The SMILES string of the molecule is CCc1ccc(NC(=O)[C@H]2CCCN(S(=O)(=O)Cc3ccccc3)C2)cc1. The minimum absolute atomic E-state index is 0.0271. The Balaban J connectivity index is 1.63. The molecule has 1 N–H and O–H groups in total. The molecule has 1 atom stereocenters. The van der Waals surface area contributed by atoms with Crippen molar-refractivity contribution in [2.75, 3.05) is 18.4 Å². The second-order valence-electron chi connectivity index (χ2n) is 6.98. The van der Waals surface area contributed by atoms with Gasteiger partial charge in [-0.25, -0.2) is 12.7 Å². The zero-order chi connectivity index (χ0) is 19.3. The van der Waals surface area contributed by atoms with Crippen LogP contribution in [0.4, 0.5) is 5.69 Å². The Labute approximate surface area is 161 Å². The lowest BCUT2D eigenvalue weighted by molar-refractivity contribution is -0.120. The Morgan fingerprint density at radius 2 is 1.78 bits per heavy atom. The van der Waals surface area contributed by atoms with Gasteiger partial charge < -0.3 is 5.32 Å². The Kier molecular flexibility index (Phi) is 6.29. The van der Waals surface area contributed by atoms with Crippen LogP contribution in [0.2, 0.25) is 0 Å². The molecular formula is C21H26N2O3S. The van der Waals surface area contributed by atoms with Gasteiger partial charge in [0.15, 0.2) is 0 Å². The molecular weight excluding hydrogens is 360 g/mol. The Bertz CT molecular complexity index is 864. The monoisotopic (exact) mass is 386 g/mol. The Morgan fingerprint density at radius 3 is 2.44 bits per heavy atom. The van der Waals surface area contributed by atoms with E-state index in [1.165, 1.54) is 9.87 Å². The second-order valence-corrected chi connectivity index (χ2v) is 8.95. The molecule has 2 aromatic carbocycles. The average molecular weight is 387 g/mol. The summed E-state index contributed by atoms with van der Waals surface area (Å²) in [6.45, 7) is 2.80. The molecule has 0 aromatic heterocycles. The molecule has 0 bridgehead atoms. The molecule has 6 heteroatoms. The molecule has 0 unspecified atom stereocenters. The maximum absolute atomic E-state index is 12.7. The van der Waals surface area contributed by atoms with E-state index in [2.05, 4.69) is 12.2 Å². The van der Waals surface area contributed by atoms with Crippen molar-refractivity contribution in [1.29, 1.82) is 0 Å². The summed E-state index contributed by atoms with van der Waals surface area (Å²) in [6, 6.07) is 16.9. The summed E-state index contributed by atoms with van der Waals surface area (Å²) >= 11 is 0. The number of anilines is 1. The average Bonchev–Trinajstić information content (AvgIpc) is 2.69. The maximum atomic E-state index is 12.7. The standard InChI is InChI=1S/C21H26N2O3S/c1-2-17-10-12-20(13-11-17)22-21(24)19-9-6-14-23(15-19)27(25,26)16-18-7-4-3-5-8-18/h3-5,7-8,10-13,19H,2,6,9,14-16H2,1H3,(H,22,24)/t19-/m0/s1. The number of amides is 1. The molecule has 1 saturated heterocycles. The quantitative estimate of drug-likeness (QED) is 0.827. The van der Waals surface area contributed by atoms with E-state index in [9.17, 15) is 13.2 Å². The van der Waals surface area contributed by atoms with E-state index in [-0.39, 0.29) is 24.1 Å². The number of nitrogens with zero attached hydrogens (tertiary/aromatic N) is 1. The first-order chi connectivity index (χ1) is 13.0. The van der Waals surface area contributed by atoms with Gasteiger partial charge in [0.1, 0.15) is 0 Å². The van der Waals surface area contributed by atoms with E-state index in [4.69, 9.17) is 0 Å². The van der Waals surface area contributed by atoms with E-state index < -0.39 is 10.0 Å². The number of sulfonamides is 1. The predicted molar refractivity (Wildman–Crippen MR) is 108 cm³/mol. The van der Waals surface area contributed by atoms with Crippen molar-refractivity contribution in [3.05, 3.63) is 65.7 Å². The summed E-state index contributed by atoms with van der Waals surface area (Å²) < 4.78 is 27.0. The van der Waals surface area contributed by atoms with Gasteiger partial charge in [0.2, 0.25) is 15.9 Å². The minimum atomic E-state index is -3.43. The highest BCUT2D eigenvalue weighted by Crippen LogP contribution is 2.23. The van der Waals surface area contributed by atoms with Crippen molar-refractivity contribution < 1.29 is 13.2 Å². The van der Waals surface area contributed by atoms with Crippen molar-refractivity contribution in [3.8, 4) is 0 Å². The zero-order valence-corrected chi connectivity index (χ0v) is 16.4. The van der Waals surface area contributed by atoms with Gasteiger partial charge in [-0.05, 0) is 42.5 Å². The summed E-state index contributed by atoms with van der Waals surface area (Å²) in [4.78, 5) is 12.6. The summed E-state index contributed by atoms with van der Waals surface area (Å²) in [5, 5.41) is 2.92. The molecule has 1 amide bonds. The van der Waals surface area contributed by atoms with Crippen LogP contribution in [0, 0.1) is 5.92 Å². The van der Waals surface area contributed by atoms with E-state index in [1.54, 1.807) is 0 Å². The molecule has 3 rings (SSSR count). The molecule has 2 aromatic rings. The molecule has 5 nitrogen and oxygen atoms in total. The van der Waals surface area contributed by atoms with Gasteiger partial charge in [0.05, 0.1) is 11.7 Å². The van der Waals surface area contributed by atoms with Crippen LogP contribution in [0.25, 0.3) is 0 Å². The first kappa shape index (κ1) is 19.6. The fourth-order valence-electron chi connectivity index (χ4n) is 3.35. The molecule has 1 aliphatic heterocycles. The number of nitrogens with one attached hydrogen (secondary N) is 1. The highest BCUT2D eigenvalue weighted by molar-refractivity contribution is 7.88. The summed E-state index contributed by atoms with van der Waals surface area (Å²) in [7, 11) is -3.43. The van der Waals surface area contributed by atoms with Crippen LogP contribution in [0.15, 0.2) is 54.6 Å². The zero-order valence-electron chi connectivity index (χ0n) is 15.6. The largest absolute Gasteiger partial charge is 0.326 e. The van der Waals surface area contributed by atoms with Crippen molar-refractivity contribution in [1.82, 2.24) is 4.31 Å². The normalized spacial score (nSPS) is 18.2. The van der Waals surface area contributed by atoms with Gasteiger partial charge >= 0.3 is 0 Å². The first-order valence-electron chi connectivity index (χ1n) is 9.39. The van der Waals surface area contributed by atoms with Crippen LogP contribution < -0.4 is 5.32 Å². The smallest absolute Gasteiger partial charge is 0.228 e. The number of piperidine rings is 1. The number of rotatable bonds is 6. The highest BCUT2D eigenvalue weighted by Gasteiger charge is 2.32. The third-order valence-corrected chi connectivity index (χ3v) is 6.79. The van der Waals surface area contributed by atoms with E-state index in [1.807, 2.05) is 54.6 Å². The van der Waals surface area contributed by atoms with Gasteiger partial charge in [0.25, 0.3) is 0 Å². The number of hydrogen-bond acceptors (Lipinski definition) is 3. The third-order valence-electron chi connectivity index (χ3n) is 4.97. The third kappa shape index (κ3) is 5.17. The number of aryl methyl sites for hydroxylation is 1. The van der Waals surface area contributed by atoms with Crippen molar-refractivity contribution in [3.63, 3.8) is 0 Å². The van der Waals surface area contributed by atoms with Crippen LogP contribution in [-0.4, -0.2) is 31.7 Å². The first-order valence-corrected chi connectivity index (χ1v) is 11.0. The summed E-state index contributed by atoms with van der Waals surface area (Å²) in [5.41, 5.74) is 2.73. The van der Waals surface area contributed by atoms with Crippen LogP contribution in [0.3, 0.4) is 0 Å². The molecule has 0 aliphatic carbocycles. The molecule has 27 heavy (non-hydrogen) atoms. The highest BCUT2D eigenvalue weighted by atomic mass is 32.2. The number of benzene rings is 2. The molecule has 1 aliphatic rings. The van der Waals surface area contributed by atoms with Gasteiger partial charge in [-0.3, -0.25) is 4.79 Å². The van der Waals surface area contributed by atoms with Crippen molar-refractivity contribution in [2.45, 2.75) is 31.9 Å². The molecule has 0 radical (unpaired) electrons. The molecule has 1 heterocycles. The van der Waals surface area contributed by atoms with E-state index in [0.717, 1.165) is 17.7 Å². The fraction of sp³-hybridized carbons (Fsp3) is 0.381. The lowest BCUT2D eigenvalue weighted by Gasteiger charge is -2.31. The molecule has 1 fully saturated rings. The van der Waals surface area contributed by atoms with Crippen molar-refractivity contribution in [2.24, 2.45) is 5.92 Å². The number of carbonyl (C=O) groups excluding carboxylic acids is 1. The van der Waals surface area contributed by atoms with Crippen LogP contribution in [0.5, 0.6) is 0 Å². The van der Waals surface area contributed by atoms with Crippen LogP contribution in [-0.2, 0) is 27.0 Å². The molecule has 0 spiro atoms. The van der Waals surface area contributed by atoms with E-state index >= 15 is 0 Å². The number of carbonyl (C=O) groups is 1.